The van der Waals surface area contributed by atoms with Gasteiger partial charge in [0.15, 0.2) is 0 Å². The molecule has 0 bridgehead atoms. The summed E-state index contributed by atoms with van der Waals surface area (Å²) in [7, 11) is 0. The van der Waals surface area contributed by atoms with Crippen molar-refractivity contribution in [2.75, 3.05) is 0 Å². The Balaban J connectivity index is 2.75. The molecule has 0 fully saturated rings. The predicted molar refractivity (Wildman–Crippen MR) is 193 cm³/mol. The molecule has 0 aliphatic carbocycles. The van der Waals surface area contributed by atoms with Crippen molar-refractivity contribution in [2.45, 2.75) is 148 Å². The van der Waals surface area contributed by atoms with Gasteiger partial charge in [-0.2, -0.15) is 0 Å². The van der Waals surface area contributed by atoms with Crippen molar-refractivity contribution in [3.05, 3.63) is 70.8 Å². The normalized spacial score (nSPS) is 16.0. The molecule has 42 heavy (non-hydrogen) atoms. The first kappa shape index (κ1) is 37.1. The van der Waals surface area contributed by atoms with E-state index in [1.54, 1.807) is 0 Å². The van der Waals surface area contributed by atoms with Gasteiger partial charge in [-0.15, -0.1) is 0 Å². The Morgan fingerprint density at radius 1 is 0.524 bits per heavy atom. The molecule has 2 atom stereocenters. The zero-order chi connectivity index (χ0) is 32.7. The topological polar surface area (TPSA) is 0 Å². The average Bonchev–Trinajstić information content (AvgIpc) is 2.85. The van der Waals surface area contributed by atoms with Crippen molar-refractivity contribution in [1.29, 1.82) is 0 Å². The van der Waals surface area contributed by atoms with Crippen LogP contribution in [0.3, 0.4) is 0 Å². The maximum absolute atomic E-state index is 3.68. The van der Waals surface area contributed by atoms with Gasteiger partial charge in [0, 0.05) is 5.33 Å². The zero-order valence-electron chi connectivity index (χ0n) is 30.8. The largest absolute Gasteiger partial charge is 0.0876 e. The highest BCUT2D eigenvalue weighted by atomic mass is 79.9. The Labute approximate surface area is 271 Å². The van der Waals surface area contributed by atoms with Crippen molar-refractivity contribution in [3.63, 3.8) is 0 Å². The first-order valence-electron chi connectivity index (χ1n) is 16.4. The van der Waals surface area contributed by atoms with Gasteiger partial charge < -0.3 is 0 Å². The summed E-state index contributed by atoms with van der Waals surface area (Å²) in [4.78, 5) is 0. The third kappa shape index (κ3) is 7.41. The van der Waals surface area contributed by atoms with Crippen LogP contribution in [0.5, 0.6) is 0 Å². The Hall–Kier alpha value is -1.08. The number of benzene rings is 2. The van der Waals surface area contributed by atoms with E-state index in [1.807, 2.05) is 0 Å². The number of rotatable bonds is 11. The van der Waals surface area contributed by atoms with Crippen molar-refractivity contribution < 1.29 is 0 Å². The molecule has 2 aromatic carbocycles. The highest BCUT2D eigenvalue weighted by Crippen LogP contribution is 2.66. The van der Waals surface area contributed by atoms with Crippen molar-refractivity contribution in [2.24, 2.45) is 37.9 Å². The quantitative estimate of drug-likeness (QED) is 0.215. The van der Waals surface area contributed by atoms with E-state index in [2.05, 4.69) is 182 Å². The number of halogens is 1. The van der Waals surface area contributed by atoms with Crippen molar-refractivity contribution in [3.8, 4) is 0 Å². The summed E-state index contributed by atoms with van der Waals surface area (Å²) in [6, 6.07) is 18.9. The smallest absolute Gasteiger partial charge is 0.0283 e. The van der Waals surface area contributed by atoms with E-state index < -0.39 is 0 Å². The molecular formula is C41H67Br. The lowest BCUT2D eigenvalue weighted by Gasteiger charge is -2.61. The lowest BCUT2D eigenvalue weighted by atomic mass is 9.43. The van der Waals surface area contributed by atoms with Crippen LogP contribution in [-0.2, 0) is 5.33 Å². The van der Waals surface area contributed by atoms with Crippen LogP contribution < -0.4 is 0 Å². The second-order valence-corrected chi connectivity index (χ2v) is 19.2. The van der Waals surface area contributed by atoms with E-state index in [-0.39, 0.29) is 37.9 Å². The fraction of sp³-hybridized carbons (Fsp3) is 0.707. The average molecular weight is 640 g/mol. The molecule has 0 aliphatic rings. The van der Waals surface area contributed by atoms with Crippen LogP contribution in [0.25, 0.3) is 0 Å². The van der Waals surface area contributed by atoms with Gasteiger partial charge in [0.25, 0.3) is 0 Å². The first-order chi connectivity index (χ1) is 18.7. The summed E-state index contributed by atoms with van der Waals surface area (Å²) in [5, 5.41) is 0.896. The van der Waals surface area contributed by atoms with Crippen LogP contribution in [0.15, 0.2) is 48.5 Å². The molecule has 2 rings (SSSR count). The number of aryl methyl sites for hydroxylation is 1. The van der Waals surface area contributed by atoms with Crippen LogP contribution >= 0.6 is 15.9 Å². The summed E-state index contributed by atoms with van der Waals surface area (Å²) in [5.74, 6) is 0.868. The summed E-state index contributed by atoms with van der Waals surface area (Å²) in [5.41, 5.74) is 6.44. The van der Waals surface area contributed by atoms with E-state index in [1.165, 1.54) is 28.7 Å². The minimum atomic E-state index is 0.0381. The number of hydrogen-bond acceptors (Lipinski definition) is 0. The zero-order valence-corrected chi connectivity index (χ0v) is 32.4. The molecular weight excluding hydrogens is 572 g/mol. The van der Waals surface area contributed by atoms with Crippen LogP contribution in [0.1, 0.15) is 158 Å². The summed E-state index contributed by atoms with van der Waals surface area (Å²) < 4.78 is 0. The third-order valence-electron chi connectivity index (χ3n) is 13.1. The molecule has 0 spiro atoms. The third-order valence-corrected chi connectivity index (χ3v) is 13.7. The molecule has 1 heteroatoms. The molecule has 0 aliphatic heterocycles. The minimum Gasteiger partial charge on any atom is -0.0876 e. The molecule has 238 valence electrons. The van der Waals surface area contributed by atoms with Gasteiger partial charge in [-0.25, -0.2) is 0 Å². The standard InChI is InChI=1S/C41H67Br/c1-29-18-22-31(23-19-29)33(26-35(2,3)4)38(10,11)37(8,9)27-34(32-24-20-30(28-42)21-25-32)39(12,13)41(16,17)40(14,15)36(5,6)7/h18-25,33-34H,26-28H2,1-17H3. The molecule has 0 nitrogen and oxygen atoms in total. The Kier molecular flexibility index (Phi) is 10.9. The Bertz CT molecular complexity index is 1140. The van der Waals surface area contributed by atoms with Crippen molar-refractivity contribution in [1.82, 2.24) is 0 Å². The number of alkyl halides is 1. The fourth-order valence-corrected chi connectivity index (χ4v) is 7.63. The van der Waals surface area contributed by atoms with Gasteiger partial charge in [-0.3, -0.25) is 0 Å². The Morgan fingerprint density at radius 2 is 0.929 bits per heavy atom. The van der Waals surface area contributed by atoms with Gasteiger partial charge in [-0.05, 0) is 86.2 Å². The van der Waals surface area contributed by atoms with Crippen LogP contribution in [0.4, 0.5) is 0 Å². The molecule has 0 saturated carbocycles. The summed E-state index contributed by atoms with van der Waals surface area (Å²) >= 11 is 3.68. The lowest BCUT2D eigenvalue weighted by Crippen LogP contribution is -2.53. The molecule has 0 heterocycles. The van der Waals surface area contributed by atoms with E-state index in [0.29, 0.717) is 11.8 Å². The lowest BCUT2D eigenvalue weighted by molar-refractivity contribution is -0.107. The predicted octanol–water partition coefficient (Wildman–Crippen LogP) is 13.8. The highest BCUT2D eigenvalue weighted by molar-refractivity contribution is 9.08. The van der Waals surface area contributed by atoms with E-state index in [9.17, 15) is 0 Å². The molecule has 0 aromatic heterocycles. The second kappa shape index (κ2) is 12.4. The maximum atomic E-state index is 3.68. The fourth-order valence-electron chi connectivity index (χ4n) is 7.25. The van der Waals surface area contributed by atoms with Gasteiger partial charge in [0.1, 0.15) is 0 Å². The van der Waals surface area contributed by atoms with Crippen LogP contribution in [0.2, 0.25) is 0 Å². The summed E-state index contributed by atoms with van der Waals surface area (Å²) in [6.45, 7) is 42.2. The SMILES string of the molecule is Cc1ccc(C(CC(C)(C)C)C(C)(C)C(C)(C)CC(c2ccc(CBr)cc2)C(C)(C)C(C)(C)C(C)(C)C(C)(C)C)cc1. The maximum Gasteiger partial charge on any atom is 0.0283 e. The van der Waals surface area contributed by atoms with Crippen LogP contribution in [0, 0.1) is 44.8 Å². The van der Waals surface area contributed by atoms with Crippen molar-refractivity contribution >= 4 is 15.9 Å². The minimum absolute atomic E-state index is 0.0381. The van der Waals surface area contributed by atoms with E-state index >= 15 is 0 Å². The van der Waals surface area contributed by atoms with E-state index in [0.717, 1.165) is 11.8 Å². The van der Waals surface area contributed by atoms with Gasteiger partial charge in [0.05, 0.1) is 0 Å². The van der Waals surface area contributed by atoms with E-state index in [4.69, 9.17) is 0 Å². The molecule has 0 radical (unpaired) electrons. The van der Waals surface area contributed by atoms with Gasteiger partial charge in [0.2, 0.25) is 0 Å². The second-order valence-electron chi connectivity index (χ2n) is 18.7. The molecule has 0 saturated heterocycles. The monoisotopic (exact) mass is 638 g/mol. The van der Waals surface area contributed by atoms with Gasteiger partial charge in [-0.1, -0.05) is 181 Å². The molecule has 2 aromatic rings. The molecule has 2 unspecified atom stereocenters. The Morgan fingerprint density at radius 3 is 1.31 bits per heavy atom. The van der Waals surface area contributed by atoms with Crippen LogP contribution in [-0.4, -0.2) is 0 Å². The van der Waals surface area contributed by atoms with Gasteiger partial charge >= 0.3 is 0 Å². The number of hydrogen-bond donors (Lipinski definition) is 0. The molecule has 0 amide bonds. The highest BCUT2D eigenvalue weighted by Gasteiger charge is 2.57. The first-order valence-corrected chi connectivity index (χ1v) is 17.6. The summed E-state index contributed by atoms with van der Waals surface area (Å²) in [6.07, 6.45) is 2.31. The molecule has 0 N–H and O–H groups in total.